The van der Waals surface area contributed by atoms with Gasteiger partial charge in [-0.3, -0.25) is 9.78 Å². The van der Waals surface area contributed by atoms with Crippen molar-refractivity contribution in [3.05, 3.63) is 54.4 Å². The number of nitrogens with zero attached hydrogens (tertiary/aromatic N) is 1. The Bertz CT molecular complexity index is 526. The summed E-state index contributed by atoms with van der Waals surface area (Å²) in [5.41, 5.74) is 0.713. The molecule has 1 aromatic carbocycles. The zero-order valence-electron chi connectivity index (χ0n) is 10.7. The number of Topliss-reactive ketones (excluding diaryl/α,β-unsaturated/α-hetero) is 1. The van der Waals surface area contributed by atoms with Crippen LogP contribution in [0.5, 0.6) is 5.75 Å². The number of carbonyl (C=O) groups is 1. The van der Waals surface area contributed by atoms with E-state index < -0.39 is 0 Å². The molecule has 19 heavy (non-hydrogen) atoms. The summed E-state index contributed by atoms with van der Waals surface area (Å²) >= 11 is 1.52. The van der Waals surface area contributed by atoms with Crippen molar-refractivity contribution in [2.24, 2.45) is 0 Å². The van der Waals surface area contributed by atoms with Gasteiger partial charge in [0.25, 0.3) is 0 Å². The van der Waals surface area contributed by atoms with Gasteiger partial charge in [0.05, 0.1) is 12.4 Å². The van der Waals surface area contributed by atoms with Crippen LogP contribution in [-0.4, -0.2) is 23.1 Å². The lowest BCUT2D eigenvalue weighted by atomic mass is 10.1. The van der Waals surface area contributed by atoms with E-state index in [0.29, 0.717) is 17.9 Å². The fraction of sp³-hybridized carbons (Fsp3) is 0.200. The molecule has 98 valence electrons. The van der Waals surface area contributed by atoms with Gasteiger partial charge in [-0.2, -0.15) is 0 Å². The summed E-state index contributed by atoms with van der Waals surface area (Å²) in [6.07, 6.45) is 3.45. The predicted octanol–water partition coefficient (Wildman–Crippen LogP) is 3.46. The average molecular weight is 273 g/mol. The van der Waals surface area contributed by atoms with E-state index in [2.05, 4.69) is 4.98 Å². The summed E-state index contributed by atoms with van der Waals surface area (Å²) in [5.74, 6) is 1.34. The van der Waals surface area contributed by atoms with Crippen LogP contribution in [0.1, 0.15) is 17.3 Å². The molecule has 0 saturated heterocycles. The lowest BCUT2D eigenvalue weighted by molar-refractivity contribution is 0.102. The highest BCUT2D eigenvalue weighted by molar-refractivity contribution is 8.00. The van der Waals surface area contributed by atoms with Gasteiger partial charge in [-0.1, -0.05) is 0 Å². The minimum atomic E-state index is 0.116. The molecule has 3 nitrogen and oxygen atoms in total. The van der Waals surface area contributed by atoms with Gasteiger partial charge in [-0.25, -0.2) is 0 Å². The maximum Gasteiger partial charge on any atom is 0.173 e. The number of ether oxygens (including phenoxy) is 1. The molecular formula is C15H15NO2S. The predicted molar refractivity (Wildman–Crippen MR) is 76.9 cm³/mol. The zero-order valence-corrected chi connectivity index (χ0v) is 11.5. The first-order valence-electron chi connectivity index (χ1n) is 6.08. The van der Waals surface area contributed by atoms with Crippen molar-refractivity contribution in [2.45, 2.75) is 11.8 Å². The van der Waals surface area contributed by atoms with Crippen LogP contribution in [0.2, 0.25) is 0 Å². The molecule has 0 aliphatic carbocycles. The molecule has 0 radical (unpaired) electrons. The summed E-state index contributed by atoms with van der Waals surface area (Å²) in [7, 11) is 0. The van der Waals surface area contributed by atoms with E-state index in [1.54, 1.807) is 24.5 Å². The second-order valence-corrected chi connectivity index (χ2v) is 4.90. The Balaban J connectivity index is 1.92. The van der Waals surface area contributed by atoms with Crippen molar-refractivity contribution >= 4 is 17.5 Å². The molecule has 2 aromatic rings. The summed E-state index contributed by atoms with van der Waals surface area (Å²) in [6.45, 7) is 2.57. The lowest BCUT2D eigenvalue weighted by Crippen LogP contribution is -2.02. The van der Waals surface area contributed by atoms with Gasteiger partial charge in [-0.15, -0.1) is 11.8 Å². The molecule has 1 heterocycles. The average Bonchev–Trinajstić information content (AvgIpc) is 2.47. The smallest absolute Gasteiger partial charge is 0.173 e. The number of carbonyl (C=O) groups excluding carboxylic acids is 1. The Kier molecular flexibility index (Phi) is 4.98. The van der Waals surface area contributed by atoms with Crippen molar-refractivity contribution in [1.29, 1.82) is 0 Å². The Morgan fingerprint density at radius 2 is 1.84 bits per heavy atom. The third-order valence-electron chi connectivity index (χ3n) is 2.51. The number of aromatic nitrogens is 1. The van der Waals surface area contributed by atoms with Gasteiger partial charge < -0.3 is 4.74 Å². The summed E-state index contributed by atoms with van der Waals surface area (Å²) in [4.78, 5) is 17.0. The first-order chi connectivity index (χ1) is 9.29. The van der Waals surface area contributed by atoms with Gasteiger partial charge in [0, 0.05) is 22.9 Å². The second kappa shape index (κ2) is 6.95. The number of thioether (sulfide) groups is 1. The third-order valence-corrected chi connectivity index (χ3v) is 3.52. The van der Waals surface area contributed by atoms with Crippen LogP contribution in [0.3, 0.4) is 0 Å². The van der Waals surface area contributed by atoms with Crippen molar-refractivity contribution in [3.8, 4) is 5.75 Å². The molecule has 0 unspecified atom stereocenters. The molecule has 0 aliphatic heterocycles. The minimum absolute atomic E-state index is 0.116. The molecule has 0 saturated carbocycles. The van der Waals surface area contributed by atoms with E-state index in [4.69, 9.17) is 4.74 Å². The van der Waals surface area contributed by atoms with Crippen LogP contribution >= 0.6 is 11.8 Å². The first kappa shape index (κ1) is 13.6. The van der Waals surface area contributed by atoms with Crippen molar-refractivity contribution in [3.63, 3.8) is 0 Å². The molecule has 0 atom stereocenters. The third kappa shape index (κ3) is 4.10. The normalized spacial score (nSPS) is 10.2. The summed E-state index contributed by atoms with van der Waals surface area (Å²) < 4.78 is 5.35. The van der Waals surface area contributed by atoms with E-state index >= 15 is 0 Å². The molecule has 0 spiro atoms. The Morgan fingerprint density at radius 3 is 2.47 bits per heavy atom. The van der Waals surface area contributed by atoms with Gasteiger partial charge in [0.15, 0.2) is 5.78 Å². The fourth-order valence-corrected chi connectivity index (χ4v) is 2.35. The molecule has 4 heteroatoms. The molecule has 2 rings (SSSR count). The molecule has 1 aromatic heterocycles. The number of ketones is 1. The Labute approximate surface area is 117 Å². The molecule has 0 amide bonds. The maximum atomic E-state index is 12.0. The van der Waals surface area contributed by atoms with Crippen LogP contribution in [0.4, 0.5) is 0 Å². The number of benzene rings is 1. The summed E-state index contributed by atoms with van der Waals surface area (Å²) in [6, 6.07) is 11.1. The van der Waals surface area contributed by atoms with Crippen molar-refractivity contribution in [1.82, 2.24) is 4.98 Å². The van der Waals surface area contributed by atoms with E-state index in [1.165, 1.54) is 11.8 Å². The van der Waals surface area contributed by atoms with E-state index in [0.717, 1.165) is 10.6 Å². The maximum absolute atomic E-state index is 12.0. The Morgan fingerprint density at radius 1 is 1.16 bits per heavy atom. The van der Waals surface area contributed by atoms with Gasteiger partial charge in [0.1, 0.15) is 5.75 Å². The number of rotatable bonds is 6. The van der Waals surface area contributed by atoms with E-state index in [1.807, 2.05) is 31.2 Å². The highest BCUT2D eigenvalue weighted by atomic mass is 32.2. The highest BCUT2D eigenvalue weighted by Crippen LogP contribution is 2.19. The van der Waals surface area contributed by atoms with Crippen LogP contribution in [-0.2, 0) is 0 Å². The van der Waals surface area contributed by atoms with E-state index in [9.17, 15) is 4.79 Å². The standard InChI is InChI=1S/C15H15NO2S/c1-2-18-13-5-3-12(4-6-13)15(17)11-19-14-7-9-16-10-8-14/h3-10H,2,11H2,1H3. The van der Waals surface area contributed by atoms with Gasteiger partial charge >= 0.3 is 0 Å². The number of pyridine rings is 1. The summed E-state index contributed by atoms with van der Waals surface area (Å²) in [5, 5.41) is 0. The largest absolute Gasteiger partial charge is 0.494 e. The molecule has 0 aliphatic rings. The first-order valence-corrected chi connectivity index (χ1v) is 7.07. The van der Waals surface area contributed by atoms with Crippen LogP contribution in [0.15, 0.2) is 53.7 Å². The van der Waals surface area contributed by atoms with Crippen LogP contribution in [0, 0.1) is 0 Å². The SMILES string of the molecule is CCOc1ccc(C(=O)CSc2ccncc2)cc1. The molecule has 0 N–H and O–H groups in total. The van der Waals surface area contributed by atoms with Crippen LogP contribution in [0.25, 0.3) is 0 Å². The highest BCUT2D eigenvalue weighted by Gasteiger charge is 2.06. The van der Waals surface area contributed by atoms with Crippen LogP contribution < -0.4 is 4.74 Å². The zero-order chi connectivity index (χ0) is 13.5. The monoisotopic (exact) mass is 273 g/mol. The van der Waals surface area contributed by atoms with Crippen molar-refractivity contribution in [2.75, 3.05) is 12.4 Å². The molecule has 0 bridgehead atoms. The molecular weight excluding hydrogens is 258 g/mol. The van der Waals surface area contributed by atoms with Gasteiger partial charge in [-0.05, 0) is 43.3 Å². The van der Waals surface area contributed by atoms with E-state index in [-0.39, 0.29) is 5.78 Å². The minimum Gasteiger partial charge on any atom is -0.494 e. The quantitative estimate of drug-likeness (QED) is 0.597. The number of hydrogen-bond acceptors (Lipinski definition) is 4. The second-order valence-electron chi connectivity index (χ2n) is 3.85. The lowest BCUT2D eigenvalue weighted by Gasteiger charge is -2.04. The van der Waals surface area contributed by atoms with Gasteiger partial charge in [0.2, 0.25) is 0 Å². The molecule has 0 fully saturated rings. The fourth-order valence-electron chi connectivity index (χ4n) is 1.57. The Hall–Kier alpha value is -1.81. The van der Waals surface area contributed by atoms with Crippen molar-refractivity contribution < 1.29 is 9.53 Å². The topological polar surface area (TPSA) is 39.2 Å². The number of hydrogen-bond donors (Lipinski definition) is 0.